The fraction of sp³-hybridized carbons (Fsp3) is 0.691. The van der Waals surface area contributed by atoms with Gasteiger partial charge in [0.2, 0.25) is 0 Å². The Morgan fingerprint density at radius 1 is 0.362 bits per heavy atom. The minimum Gasteiger partial charge on any atom is -0.462 e. The van der Waals surface area contributed by atoms with Crippen molar-refractivity contribution in [2.45, 2.75) is 277 Å². The molecule has 0 aromatic heterocycles. The number of hydrogen-bond donors (Lipinski definition) is 2. The number of hydrogen-bond acceptors (Lipinski definition) is 10. The number of rotatable bonds is 58. The number of esters is 3. The van der Waals surface area contributed by atoms with Crippen LogP contribution < -0.4 is 0 Å². The first-order chi connectivity index (χ1) is 39.2. The van der Waals surface area contributed by atoms with Crippen LogP contribution in [-0.4, -0.2) is 66.5 Å². The van der Waals surface area contributed by atoms with Gasteiger partial charge in [-0.1, -0.05) is 252 Å². The van der Waals surface area contributed by atoms with Gasteiger partial charge in [-0.25, -0.2) is 4.57 Å². The Kier molecular flexibility index (Phi) is 58.3. The van der Waals surface area contributed by atoms with Crippen LogP contribution in [-0.2, 0) is 42.2 Å². The number of carbonyl (C=O) groups is 3. The third-order valence-corrected chi connectivity index (χ3v) is 14.1. The molecule has 0 radical (unpaired) electrons. The Hall–Kier alpha value is -3.86. The second kappa shape index (κ2) is 61.2. The zero-order valence-electron chi connectivity index (χ0n) is 50.8. The van der Waals surface area contributed by atoms with Gasteiger partial charge >= 0.3 is 25.7 Å². The first-order valence-corrected chi connectivity index (χ1v) is 33.3. The van der Waals surface area contributed by atoms with Crippen LogP contribution in [0.3, 0.4) is 0 Å². The maximum Gasteiger partial charge on any atom is 0.472 e. The molecule has 3 unspecified atom stereocenters. The standard InChI is InChI=1S/C68H115O11P/c1-4-7-10-13-16-19-22-25-28-30-32-34-37-40-43-46-49-52-55-58-67(71)78-64(60-69)62-76-80(73,74)77-63-65(61-75-66(70)57-54-51-48-45-42-39-36-27-24-21-18-15-12-9-6-3)79-68(72)59-56-53-50-47-44-41-38-35-33-31-29-26-23-20-17-14-11-8-5-2/h7-8,10-11,16-17,19-20,25-26,28-29,32-35,41,44,64-65,69H,4-6,9,12-15,18,21-24,27,30-31,36-40,42-43,45-63H2,1-3H3,(H,73,74)/b10-7-,11-8-,19-16-,20-17-,28-25-,29-26-,34-32-,35-33-,44-41-. The molecule has 80 heavy (non-hydrogen) atoms. The van der Waals surface area contributed by atoms with E-state index in [-0.39, 0.29) is 25.9 Å². The largest absolute Gasteiger partial charge is 0.472 e. The summed E-state index contributed by atoms with van der Waals surface area (Å²) in [5.74, 6) is -1.51. The number of phosphoric acid groups is 1. The van der Waals surface area contributed by atoms with Crippen LogP contribution in [0.4, 0.5) is 0 Å². The van der Waals surface area contributed by atoms with Crippen LogP contribution in [0.1, 0.15) is 265 Å². The van der Waals surface area contributed by atoms with E-state index < -0.39 is 57.8 Å². The molecule has 0 rings (SSSR count). The first kappa shape index (κ1) is 76.1. The van der Waals surface area contributed by atoms with Gasteiger partial charge < -0.3 is 24.2 Å². The Morgan fingerprint density at radius 2 is 0.650 bits per heavy atom. The molecule has 12 heteroatoms. The van der Waals surface area contributed by atoms with Crippen molar-refractivity contribution < 1.29 is 52.2 Å². The van der Waals surface area contributed by atoms with E-state index in [0.29, 0.717) is 19.3 Å². The van der Waals surface area contributed by atoms with Crippen molar-refractivity contribution >= 4 is 25.7 Å². The summed E-state index contributed by atoms with van der Waals surface area (Å²) >= 11 is 0. The number of carbonyl (C=O) groups excluding carboxylic acids is 3. The highest BCUT2D eigenvalue weighted by atomic mass is 31.2. The molecular formula is C68H115O11P. The quantitative estimate of drug-likeness (QED) is 0.0197. The van der Waals surface area contributed by atoms with E-state index >= 15 is 0 Å². The van der Waals surface area contributed by atoms with E-state index in [9.17, 15) is 28.9 Å². The smallest absolute Gasteiger partial charge is 0.462 e. The van der Waals surface area contributed by atoms with Gasteiger partial charge in [0.25, 0.3) is 0 Å². The van der Waals surface area contributed by atoms with Crippen molar-refractivity contribution in [1.29, 1.82) is 0 Å². The molecule has 0 saturated heterocycles. The van der Waals surface area contributed by atoms with Gasteiger partial charge in [-0.15, -0.1) is 0 Å². The lowest BCUT2D eigenvalue weighted by Gasteiger charge is -2.21. The fourth-order valence-corrected chi connectivity index (χ4v) is 9.22. The lowest BCUT2D eigenvalue weighted by molar-refractivity contribution is -0.161. The second-order valence-electron chi connectivity index (χ2n) is 20.8. The molecular weight excluding hydrogens is 1020 g/mol. The van der Waals surface area contributed by atoms with Crippen LogP contribution in [0, 0.1) is 0 Å². The van der Waals surface area contributed by atoms with Crippen molar-refractivity contribution in [3.8, 4) is 0 Å². The van der Waals surface area contributed by atoms with E-state index in [1.165, 1.54) is 70.6 Å². The molecule has 0 aromatic carbocycles. The second-order valence-corrected chi connectivity index (χ2v) is 22.3. The maximum absolute atomic E-state index is 13.0. The molecule has 2 N–H and O–H groups in total. The average Bonchev–Trinajstić information content (AvgIpc) is 3.45. The molecule has 0 aliphatic carbocycles. The van der Waals surface area contributed by atoms with Crippen LogP contribution in [0.25, 0.3) is 0 Å². The van der Waals surface area contributed by atoms with E-state index in [2.05, 4.69) is 130 Å². The van der Waals surface area contributed by atoms with Crippen LogP contribution >= 0.6 is 7.82 Å². The van der Waals surface area contributed by atoms with Crippen molar-refractivity contribution in [3.05, 3.63) is 109 Å². The van der Waals surface area contributed by atoms with Gasteiger partial charge in [0.1, 0.15) is 12.7 Å². The normalized spacial score (nSPS) is 14.0. The SMILES string of the molecule is CC/C=C\C/C=C\C/C=C\C/C=C\C/C=C\CCCCCC(=O)OC(COC(=O)CCCCCCCCCCCCCCCCC)COP(=O)(O)OCC(CO)OC(=O)CCCCCCCC/C=C\C/C=C\C/C=C\C/C=C\CC. The minimum absolute atomic E-state index is 0.124. The topological polar surface area (TPSA) is 155 Å². The fourth-order valence-electron chi connectivity index (χ4n) is 8.43. The summed E-state index contributed by atoms with van der Waals surface area (Å²) in [5, 5.41) is 9.86. The molecule has 0 bridgehead atoms. The van der Waals surface area contributed by atoms with Gasteiger partial charge in [0.15, 0.2) is 6.10 Å². The number of aliphatic hydroxyl groups excluding tert-OH is 1. The van der Waals surface area contributed by atoms with E-state index in [0.717, 1.165) is 135 Å². The summed E-state index contributed by atoms with van der Waals surface area (Å²) in [6.45, 7) is 4.39. The predicted octanol–water partition coefficient (Wildman–Crippen LogP) is 19.4. The third kappa shape index (κ3) is 58.8. The third-order valence-electron chi connectivity index (χ3n) is 13.2. The van der Waals surface area contributed by atoms with Crippen molar-refractivity contribution in [2.75, 3.05) is 26.4 Å². The van der Waals surface area contributed by atoms with E-state index in [4.69, 9.17) is 23.3 Å². The lowest BCUT2D eigenvalue weighted by atomic mass is 10.0. The van der Waals surface area contributed by atoms with Crippen LogP contribution in [0.2, 0.25) is 0 Å². The molecule has 3 atom stereocenters. The zero-order chi connectivity index (χ0) is 58.3. The molecule has 0 amide bonds. The highest BCUT2D eigenvalue weighted by Crippen LogP contribution is 2.43. The van der Waals surface area contributed by atoms with Gasteiger partial charge in [0.05, 0.1) is 19.8 Å². The monoisotopic (exact) mass is 1140 g/mol. The van der Waals surface area contributed by atoms with Crippen LogP contribution in [0.5, 0.6) is 0 Å². The molecule has 0 heterocycles. The maximum atomic E-state index is 13.0. The molecule has 0 saturated carbocycles. The predicted molar refractivity (Wildman–Crippen MR) is 334 cm³/mol. The summed E-state index contributed by atoms with van der Waals surface area (Å²) in [4.78, 5) is 48.7. The average molecular weight is 1140 g/mol. The molecule has 0 aliphatic rings. The van der Waals surface area contributed by atoms with E-state index in [1.54, 1.807) is 0 Å². The van der Waals surface area contributed by atoms with Crippen LogP contribution in [0.15, 0.2) is 109 Å². The Labute approximate surface area is 488 Å². The first-order valence-electron chi connectivity index (χ1n) is 31.8. The van der Waals surface area contributed by atoms with Crippen molar-refractivity contribution in [2.24, 2.45) is 0 Å². The summed E-state index contributed by atoms with van der Waals surface area (Å²) in [6.07, 6.45) is 74.6. The lowest BCUT2D eigenvalue weighted by Crippen LogP contribution is -2.30. The Morgan fingerprint density at radius 3 is 1.01 bits per heavy atom. The minimum atomic E-state index is -4.77. The number of allylic oxidation sites excluding steroid dienone is 18. The summed E-state index contributed by atoms with van der Waals surface area (Å²) < 4.78 is 39.6. The van der Waals surface area contributed by atoms with Gasteiger partial charge in [-0.3, -0.25) is 23.4 Å². The summed E-state index contributed by atoms with van der Waals surface area (Å²) in [5.41, 5.74) is 0. The number of phosphoric ester groups is 1. The number of aliphatic hydroxyl groups is 1. The van der Waals surface area contributed by atoms with Gasteiger partial charge in [-0.2, -0.15) is 0 Å². The van der Waals surface area contributed by atoms with E-state index in [1.807, 2.05) is 0 Å². The molecule has 0 spiro atoms. The summed E-state index contributed by atoms with van der Waals surface area (Å²) in [6, 6.07) is 0. The number of ether oxygens (including phenoxy) is 3. The van der Waals surface area contributed by atoms with Gasteiger partial charge in [-0.05, 0) is 103 Å². The summed E-state index contributed by atoms with van der Waals surface area (Å²) in [7, 11) is -4.77. The molecule has 0 aliphatic heterocycles. The Bertz CT molecular complexity index is 1760. The van der Waals surface area contributed by atoms with Crippen molar-refractivity contribution in [3.63, 3.8) is 0 Å². The molecule has 458 valence electrons. The Balaban J connectivity index is 4.76. The highest BCUT2D eigenvalue weighted by Gasteiger charge is 2.28. The van der Waals surface area contributed by atoms with Crippen molar-refractivity contribution in [1.82, 2.24) is 0 Å². The number of unbranched alkanes of at least 4 members (excludes halogenated alkanes) is 23. The molecule has 0 aromatic rings. The molecule has 0 fully saturated rings. The zero-order valence-corrected chi connectivity index (χ0v) is 51.7. The molecule has 11 nitrogen and oxygen atoms in total. The van der Waals surface area contributed by atoms with Gasteiger partial charge in [0, 0.05) is 19.3 Å². The highest BCUT2D eigenvalue weighted by molar-refractivity contribution is 7.47.